The van der Waals surface area contributed by atoms with Crippen molar-refractivity contribution in [1.29, 1.82) is 0 Å². The lowest BCUT2D eigenvalue weighted by atomic mass is 9.80. The lowest BCUT2D eigenvalue weighted by molar-refractivity contribution is -0.114. The predicted molar refractivity (Wildman–Crippen MR) is 248 cm³/mol. The van der Waals surface area contributed by atoms with Crippen LogP contribution in [0.1, 0.15) is 94.6 Å². The molecule has 2 amide bonds. The maximum atomic E-state index is 13.5. The summed E-state index contributed by atoms with van der Waals surface area (Å²) in [5.74, 6) is -0.591. The summed E-state index contributed by atoms with van der Waals surface area (Å²) in [6.07, 6.45) is 3.29. The topological polar surface area (TPSA) is 256 Å². The molecule has 4 N–H and O–H groups in total. The molecular weight excluding hydrogens is 889 g/mol. The van der Waals surface area contributed by atoms with Crippen LogP contribution in [0.2, 0.25) is 0 Å². The highest BCUT2D eigenvalue weighted by atomic mass is 32.2. The first-order valence-electron chi connectivity index (χ1n) is 21.2. The van der Waals surface area contributed by atoms with Crippen LogP contribution < -0.4 is 20.1 Å². The number of ether oxygens (including phenoxy) is 2. The molecule has 0 fully saturated rings. The molecule has 0 bridgehead atoms. The zero-order chi connectivity index (χ0) is 48.1. The van der Waals surface area contributed by atoms with E-state index in [0.717, 1.165) is 37.6 Å². The molecule has 0 aliphatic rings. The van der Waals surface area contributed by atoms with Crippen molar-refractivity contribution in [2.24, 2.45) is 10.2 Å². The molecule has 16 nitrogen and oxygen atoms in total. The van der Waals surface area contributed by atoms with E-state index in [0.29, 0.717) is 48.8 Å². The second-order valence-electron chi connectivity index (χ2n) is 16.5. The molecule has 66 heavy (non-hydrogen) atoms. The van der Waals surface area contributed by atoms with Crippen molar-refractivity contribution < 1.29 is 55.2 Å². The number of amides is 2. The Kier molecular flexibility index (Phi) is 14.7. The van der Waals surface area contributed by atoms with Crippen LogP contribution in [0.3, 0.4) is 0 Å². The highest BCUT2D eigenvalue weighted by molar-refractivity contribution is 7.86. The van der Waals surface area contributed by atoms with E-state index in [4.69, 9.17) is 9.47 Å². The molecule has 1 atom stereocenters. The van der Waals surface area contributed by atoms with Crippen LogP contribution in [0.4, 0.5) is 17.1 Å². The minimum absolute atomic E-state index is 0.00920. The van der Waals surface area contributed by atoms with E-state index in [1.165, 1.54) is 41.5 Å². The number of phenolic OH excluding ortho intramolecular Hbond substituents is 2. The highest BCUT2D eigenvalue weighted by Gasteiger charge is 2.25. The number of hydrogen-bond acceptors (Lipinski definition) is 14. The quantitative estimate of drug-likeness (QED) is 0.0357. The summed E-state index contributed by atoms with van der Waals surface area (Å²) < 4.78 is 84.9. The van der Waals surface area contributed by atoms with Crippen molar-refractivity contribution in [2.45, 2.75) is 88.3 Å². The van der Waals surface area contributed by atoms with Gasteiger partial charge in [-0.1, -0.05) is 71.0 Å². The van der Waals surface area contributed by atoms with Gasteiger partial charge in [0.1, 0.15) is 48.9 Å². The molecule has 0 spiro atoms. The van der Waals surface area contributed by atoms with Crippen LogP contribution in [0.25, 0.3) is 21.5 Å². The number of azo groups is 1. The monoisotopic (exact) mass is 938 g/mol. The van der Waals surface area contributed by atoms with Crippen LogP contribution in [-0.2, 0) is 30.4 Å². The first-order valence-corrected chi connectivity index (χ1v) is 24.0. The van der Waals surface area contributed by atoms with Gasteiger partial charge in [-0.25, -0.2) is 16.8 Å². The number of unbranched alkanes of at least 4 members (excludes halogenated alkanes) is 1. The molecule has 0 saturated heterocycles. The van der Waals surface area contributed by atoms with Gasteiger partial charge in [0.25, 0.3) is 5.91 Å². The molecule has 18 heteroatoms. The fourth-order valence-electron chi connectivity index (χ4n) is 7.22. The molecule has 0 aliphatic carbocycles. The number of carbonyl (C=O) groups is 2. The van der Waals surface area contributed by atoms with Gasteiger partial charge >= 0.3 is 0 Å². The number of fused-ring (bicyclic) bond motifs is 2. The number of anilines is 1. The molecule has 6 rings (SSSR count). The summed E-state index contributed by atoms with van der Waals surface area (Å²) in [4.78, 5) is 23.5. The third-order valence-electron chi connectivity index (χ3n) is 11.5. The van der Waals surface area contributed by atoms with Crippen LogP contribution in [0, 0.1) is 0 Å². The summed E-state index contributed by atoms with van der Waals surface area (Å²) in [5, 5.41) is 35.6. The van der Waals surface area contributed by atoms with Gasteiger partial charge in [0.05, 0.1) is 33.3 Å². The third-order valence-corrected chi connectivity index (χ3v) is 13.1. The molecule has 6 aromatic rings. The Balaban J connectivity index is 1.18. The zero-order valence-electron chi connectivity index (χ0n) is 37.2. The van der Waals surface area contributed by atoms with E-state index in [1.807, 2.05) is 0 Å². The van der Waals surface area contributed by atoms with E-state index in [9.17, 15) is 45.7 Å². The molecule has 6 aromatic carbocycles. The van der Waals surface area contributed by atoms with E-state index < -0.39 is 53.3 Å². The van der Waals surface area contributed by atoms with Crippen molar-refractivity contribution >= 4 is 70.7 Å². The third kappa shape index (κ3) is 11.1. The predicted octanol–water partition coefficient (Wildman–Crippen LogP) is 10.2. The normalized spacial score (nSPS) is 12.7. The molecule has 0 aromatic heterocycles. The first-order chi connectivity index (χ1) is 31.1. The van der Waals surface area contributed by atoms with Crippen molar-refractivity contribution in [3.05, 3.63) is 108 Å². The number of carbonyl (C=O) groups excluding carboxylic acids is 2. The van der Waals surface area contributed by atoms with Gasteiger partial charge < -0.3 is 39.4 Å². The van der Waals surface area contributed by atoms with Gasteiger partial charge in [0.2, 0.25) is 5.91 Å². The minimum atomic E-state index is -5.39. The Morgan fingerprint density at radius 1 is 0.818 bits per heavy atom. The molecule has 0 radical (unpaired) electrons. The highest BCUT2D eigenvalue weighted by Crippen LogP contribution is 2.46. The summed E-state index contributed by atoms with van der Waals surface area (Å²) in [7, 11) is -10.5. The van der Waals surface area contributed by atoms with Crippen molar-refractivity contribution in [3.63, 3.8) is 0 Å². The van der Waals surface area contributed by atoms with E-state index >= 15 is 0 Å². The Morgan fingerprint density at radius 3 is 2.15 bits per heavy atom. The van der Waals surface area contributed by atoms with Gasteiger partial charge in [-0.3, -0.25) is 9.59 Å². The lowest BCUT2D eigenvalue weighted by Gasteiger charge is -2.27. The maximum absolute atomic E-state index is 13.5. The molecule has 0 saturated carbocycles. The second kappa shape index (κ2) is 19.9. The van der Waals surface area contributed by atoms with Crippen LogP contribution in [-0.4, -0.2) is 61.1 Å². The second-order valence-corrected chi connectivity index (χ2v) is 19.2. The summed E-state index contributed by atoms with van der Waals surface area (Å²) in [6.45, 7) is 12.9. The average molecular weight is 939 g/mol. The van der Waals surface area contributed by atoms with Gasteiger partial charge in [-0.2, -0.15) is 5.11 Å². The SMILES string of the molecule is CCC(C)c1ccc(OCCCCNC(=O)c2cc(Oc3ccc(N=Nc4c(S(=O)(=O)[O-])cc5cc(S(=O)(=O)[O-])cc(NC(C)=O)c5c4O)cc3)c3ccccc3c2O)c(C(C)(C)CC)c1. The summed E-state index contributed by atoms with van der Waals surface area (Å²) in [5.41, 5.74) is 1.31. The standard InChI is InChI=1S/C48H52N4O12S2/c1-7-28(3)30-15-20-40(38(24-30)48(5,6)8-2)63-22-12-11-21-49-47(56)37-27-41(35-13-9-10-14-36(35)45(37)54)64-33-18-16-32(17-19-33)51-52-44-42(66(60,61)62)25-31-23-34(65(57,58)59)26-39(50-29(4)53)43(31)46(44)55/h9-10,13-20,23-28,54-55H,7-8,11-12,21-22H2,1-6H3,(H,49,56)(H,50,53)(H,57,58,59)(H,60,61,62)/p-2. The van der Waals surface area contributed by atoms with Gasteiger partial charge in [0.15, 0.2) is 5.75 Å². The smallest absolute Gasteiger partial charge is 0.255 e. The summed E-state index contributed by atoms with van der Waals surface area (Å²) in [6, 6.07) is 22.8. The van der Waals surface area contributed by atoms with Crippen molar-refractivity contribution in [1.82, 2.24) is 5.32 Å². The Hall–Kier alpha value is -6.60. The molecule has 348 valence electrons. The lowest BCUT2D eigenvalue weighted by Crippen LogP contribution is -2.25. The Bertz CT molecular complexity index is 3080. The number of hydrogen-bond donors (Lipinski definition) is 4. The van der Waals surface area contributed by atoms with Crippen LogP contribution in [0.15, 0.2) is 111 Å². The number of nitrogens with one attached hydrogen (secondary N) is 2. The van der Waals surface area contributed by atoms with E-state index in [1.54, 1.807) is 24.3 Å². The molecule has 1 unspecified atom stereocenters. The van der Waals surface area contributed by atoms with Gasteiger partial charge in [0, 0.05) is 35.2 Å². The first kappa shape index (κ1) is 48.8. The Labute approximate surface area is 383 Å². The van der Waals surface area contributed by atoms with E-state index in [2.05, 4.69) is 73.7 Å². The van der Waals surface area contributed by atoms with E-state index in [-0.39, 0.29) is 50.4 Å². The zero-order valence-corrected chi connectivity index (χ0v) is 38.8. The number of rotatable bonds is 18. The van der Waals surface area contributed by atoms with Crippen LogP contribution in [0.5, 0.6) is 28.7 Å². The number of phenols is 2. The molecular formula is C48H50N4O12S2-2. The number of nitrogens with zero attached hydrogens (tertiary/aromatic N) is 2. The largest absolute Gasteiger partial charge is 0.744 e. The van der Waals surface area contributed by atoms with Crippen molar-refractivity contribution in [2.75, 3.05) is 18.5 Å². The summed E-state index contributed by atoms with van der Waals surface area (Å²) >= 11 is 0. The number of benzene rings is 6. The van der Waals surface area contributed by atoms with Gasteiger partial charge in [-0.15, -0.1) is 5.11 Å². The number of aromatic hydroxyl groups is 2. The maximum Gasteiger partial charge on any atom is 0.255 e. The molecule has 0 heterocycles. The fraction of sp³-hybridized carbons (Fsp3) is 0.292. The van der Waals surface area contributed by atoms with Crippen LogP contribution >= 0.6 is 0 Å². The van der Waals surface area contributed by atoms with Crippen molar-refractivity contribution in [3.8, 4) is 28.7 Å². The molecule has 0 aliphatic heterocycles. The minimum Gasteiger partial charge on any atom is -0.744 e. The average Bonchev–Trinajstić information content (AvgIpc) is 3.27. The fourth-order valence-corrected chi connectivity index (χ4v) is 8.40. The van der Waals surface area contributed by atoms with Gasteiger partial charge in [-0.05, 0) is 103 Å². The Morgan fingerprint density at radius 2 is 1.52 bits per heavy atom.